The Hall–Kier alpha value is -1.58. The predicted molar refractivity (Wildman–Crippen MR) is 58.5 cm³/mol. The van der Waals surface area contributed by atoms with Crippen LogP contribution >= 0.6 is 0 Å². The smallest absolute Gasteiger partial charge is 0.240 e. The van der Waals surface area contributed by atoms with Gasteiger partial charge in [0.15, 0.2) is 0 Å². The van der Waals surface area contributed by atoms with E-state index in [2.05, 4.69) is 10.5 Å². The highest BCUT2D eigenvalue weighted by atomic mass is 16.3. The molecule has 4 nitrogen and oxygen atoms in total. The monoisotopic (exact) mass is 208 g/mol. The lowest BCUT2D eigenvalue weighted by Crippen LogP contribution is -2.20. The fourth-order valence-corrected chi connectivity index (χ4v) is 1.10. The number of rotatable bonds is 4. The van der Waals surface area contributed by atoms with E-state index in [9.17, 15) is 4.79 Å². The van der Waals surface area contributed by atoms with Crippen molar-refractivity contribution in [2.24, 2.45) is 11.0 Å². The van der Waals surface area contributed by atoms with Gasteiger partial charge in [0, 0.05) is 6.42 Å². The van der Waals surface area contributed by atoms with Gasteiger partial charge in [0.1, 0.15) is 11.5 Å². The molecule has 0 spiro atoms. The Bertz CT molecular complexity index is 339. The molecule has 0 radical (unpaired) electrons. The average Bonchev–Trinajstić information content (AvgIpc) is 2.65. The summed E-state index contributed by atoms with van der Waals surface area (Å²) in [5.74, 6) is 0.930. The van der Waals surface area contributed by atoms with Gasteiger partial charge in [-0.3, -0.25) is 4.79 Å². The molecule has 1 aromatic heterocycles. The Balaban J connectivity index is 2.48. The average molecular weight is 208 g/mol. The molecule has 0 atom stereocenters. The molecule has 0 aliphatic rings. The lowest BCUT2D eigenvalue weighted by Gasteiger charge is -2.03. The second-order valence-corrected chi connectivity index (χ2v) is 3.81. The number of hydrazone groups is 1. The summed E-state index contributed by atoms with van der Waals surface area (Å²) in [6.45, 7) is 5.76. The summed E-state index contributed by atoms with van der Waals surface area (Å²) in [7, 11) is 0. The van der Waals surface area contributed by atoms with Crippen molar-refractivity contribution < 1.29 is 9.21 Å². The molecule has 0 bridgehead atoms. The summed E-state index contributed by atoms with van der Waals surface area (Å²) >= 11 is 0. The summed E-state index contributed by atoms with van der Waals surface area (Å²) < 4.78 is 5.13. The molecule has 1 rings (SSSR count). The number of furan rings is 1. The highest BCUT2D eigenvalue weighted by molar-refractivity contribution is 5.96. The maximum absolute atomic E-state index is 11.3. The zero-order valence-corrected chi connectivity index (χ0v) is 9.28. The quantitative estimate of drug-likeness (QED) is 0.609. The van der Waals surface area contributed by atoms with Crippen LogP contribution in [0.5, 0.6) is 0 Å². The molecule has 82 valence electrons. The van der Waals surface area contributed by atoms with Crippen molar-refractivity contribution in [3.05, 3.63) is 24.2 Å². The molecule has 1 aromatic rings. The second-order valence-electron chi connectivity index (χ2n) is 3.81. The minimum atomic E-state index is -0.0732. The first-order valence-electron chi connectivity index (χ1n) is 4.96. The number of hydrogen-bond acceptors (Lipinski definition) is 3. The number of carbonyl (C=O) groups excluding carboxylic acids is 1. The van der Waals surface area contributed by atoms with Crippen LogP contribution in [0.15, 0.2) is 27.9 Å². The summed E-state index contributed by atoms with van der Waals surface area (Å²) in [5.41, 5.74) is 3.16. The van der Waals surface area contributed by atoms with Crippen molar-refractivity contribution in [3.63, 3.8) is 0 Å². The van der Waals surface area contributed by atoms with Crippen LogP contribution in [0.4, 0.5) is 0 Å². The van der Waals surface area contributed by atoms with Gasteiger partial charge in [-0.2, -0.15) is 5.10 Å². The van der Waals surface area contributed by atoms with Crippen LogP contribution in [0.2, 0.25) is 0 Å². The van der Waals surface area contributed by atoms with E-state index in [1.165, 1.54) is 0 Å². The van der Waals surface area contributed by atoms with Crippen molar-refractivity contribution in [1.29, 1.82) is 0 Å². The van der Waals surface area contributed by atoms with Gasteiger partial charge in [-0.05, 0) is 25.0 Å². The first-order valence-corrected chi connectivity index (χ1v) is 4.96. The zero-order chi connectivity index (χ0) is 11.3. The Morgan fingerprint density at radius 1 is 1.60 bits per heavy atom. The Morgan fingerprint density at radius 2 is 2.33 bits per heavy atom. The van der Waals surface area contributed by atoms with E-state index in [1.54, 1.807) is 25.3 Å². The van der Waals surface area contributed by atoms with Crippen LogP contribution in [0.1, 0.15) is 33.0 Å². The van der Waals surface area contributed by atoms with Crippen molar-refractivity contribution in [2.45, 2.75) is 27.2 Å². The third kappa shape index (κ3) is 3.97. The Morgan fingerprint density at radius 3 is 2.87 bits per heavy atom. The Kier molecular flexibility index (Phi) is 4.09. The van der Waals surface area contributed by atoms with Crippen LogP contribution in [-0.2, 0) is 4.79 Å². The fourth-order valence-electron chi connectivity index (χ4n) is 1.10. The van der Waals surface area contributed by atoms with Crippen molar-refractivity contribution in [2.75, 3.05) is 0 Å². The second kappa shape index (κ2) is 5.34. The number of nitrogens with zero attached hydrogens (tertiary/aromatic N) is 1. The van der Waals surface area contributed by atoms with Gasteiger partial charge in [0.05, 0.1) is 6.26 Å². The van der Waals surface area contributed by atoms with E-state index >= 15 is 0 Å². The van der Waals surface area contributed by atoms with Crippen LogP contribution in [-0.4, -0.2) is 11.6 Å². The molecule has 0 saturated heterocycles. The van der Waals surface area contributed by atoms with Crippen molar-refractivity contribution >= 4 is 11.6 Å². The molecule has 4 heteroatoms. The van der Waals surface area contributed by atoms with Gasteiger partial charge in [-0.25, -0.2) is 5.43 Å². The molecule has 1 heterocycles. The zero-order valence-electron chi connectivity index (χ0n) is 9.28. The Labute approximate surface area is 89.4 Å². The van der Waals surface area contributed by atoms with Gasteiger partial charge in [0.2, 0.25) is 5.91 Å². The van der Waals surface area contributed by atoms with Gasteiger partial charge in [0.25, 0.3) is 0 Å². The molecule has 0 unspecified atom stereocenters. The standard InChI is InChI=1S/C11H16N2O2/c1-8(2)7-11(14)13-12-9(3)10-5-4-6-15-10/h4-6,8H,7H2,1-3H3,(H,13,14)/b12-9+. The molecule has 1 N–H and O–H groups in total. The summed E-state index contributed by atoms with van der Waals surface area (Å²) in [5, 5.41) is 3.94. The summed E-state index contributed by atoms with van der Waals surface area (Å²) in [6.07, 6.45) is 2.05. The van der Waals surface area contributed by atoms with Crippen LogP contribution in [0, 0.1) is 5.92 Å². The molecule has 15 heavy (non-hydrogen) atoms. The van der Waals surface area contributed by atoms with Gasteiger partial charge < -0.3 is 4.42 Å². The molecule has 0 saturated carbocycles. The molecule has 0 fully saturated rings. The third-order valence-electron chi connectivity index (χ3n) is 1.82. The van der Waals surface area contributed by atoms with Crippen LogP contribution < -0.4 is 5.43 Å². The molecule has 0 aliphatic carbocycles. The van der Waals surface area contributed by atoms with Crippen LogP contribution in [0.25, 0.3) is 0 Å². The number of carbonyl (C=O) groups is 1. The van der Waals surface area contributed by atoms with E-state index in [-0.39, 0.29) is 5.91 Å². The highest BCUT2D eigenvalue weighted by Crippen LogP contribution is 2.02. The first-order chi connectivity index (χ1) is 7.09. The van der Waals surface area contributed by atoms with E-state index < -0.39 is 0 Å². The molecular weight excluding hydrogens is 192 g/mol. The summed E-state index contributed by atoms with van der Waals surface area (Å²) in [6, 6.07) is 3.58. The van der Waals surface area contributed by atoms with Crippen molar-refractivity contribution in [1.82, 2.24) is 5.43 Å². The SMILES string of the molecule is C/C(=N\NC(=O)CC(C)C)c1ccco1. The summed E-state index contributed by atoms with van der Waals surface area (Å²) in [4.78, 5) is 11.3. The molecule has 0 aliphatic heterocycles. The fraction of sp³-hybridized carbons (Fsp3) is 0.455. The third-order valence-corrected chi connectivity index (χ3v) is 1.82. The van der Waals surface area contributed by atoms with Crippen molar-refractivity contribution in [3.8, 4) is 0 Å². The van der Waals surface area contributed by atoms with Gasteiger partial charge >= 0.3 is 0 Å². The van der Waals surface area contributed by atoms with E-state index in [0.29, 0.717) is 23.8 Å². The molecular formula is C11H16N2O2. The number of hydrogen-bond donors (Lipinski definition) is 1. The molecule has 1 amide bonds. The molecule has 0 aromatic carbocycles. The van der Waals surface area contributed by atoms with E-state index in [1.807, 2.05) is 13.8 Å². The minimum absolute atomic E-state index is 0.0732. The minimum Gasteiger partial charge on any atom is -0.463 e. The van der Waals surface area contributed by atoms with Crippen LogP contribution in [0.3, 0.4) is 0 Å². The number of nitrogens with one attached hydrogen (secondary N) is 1. The highest BCUT2D eigenvalue weighted by Gasteiger charge is 2.04. The normalized spacial score (nSPS) is 11.9. The maximum Gasteiger partial charge on any atom is 0.240 e. The topological polar surface area (TPSA) is 54.6 Å². The lowest BCUT2D eigenvalue weighted by molar-refractivity contribution is -0.121. The van der Waals surface area contributed by atoms with E-state index in [0.717, 1.165) is 0 Å². The maximum atomic E-state index is 11.3. The lowest BCUT2D eigenvalue weighted by atomic mass is 10.1. The number of amides is 1. The largest absolute Gasteiger partial charge is 0.463 e. The predicted octanol–water partition coefficient (Wildman–Crippen LogP) is 2.17. The van der Waals surface area contributed by atoms with Gasteiger partial charge in [-0.1, -0.05) is 13.8 Å². The van der Waals surface area contributed by atoms with E-state index in [4.69, 9.17) is 4.42 Å². The van der Waals surface area contributed by atoms with Gasteiger partial charge in [-0.15, -0.1) is 0 Å². The first kappa shape index (κ1) is 11.5.